The van der Waals surface area contributed by atoms with Crippen LogP contribution in [0.4, 0.5) is 4.39 Å². The van der Waals surface area contributed by atoms with Gasteiger partial charge < -0.3 is 9.84 Å². The lowest BCUT2D eigenvalue weighted by atomic mass is 10.1. The quantitative estimate of drug-likeness (QED) is 0.909. The van der Waals surface area contributed by atoms with Crippen molar-refractivity contribution < 1.29 is 8.91 Å². The molecule has 20 heavy (non-hydrogen) atoms. The average Bonchev–Trinajstić information content (AvgIpc) is 2.90. The predicted octanol–water partition coefficient (Wildman–Crippen LogP) is 1.20. The van der Waals surface area contributed by atoms with E-state index in [1.165, 1.54) is 6.07 Å². The van der Waals surface area contributed by atoms with Gasteiger partial charge in [-0.3, -0.25) is 4.90 Å². The van der Waals surface area contributed by atoms with Gasteiger partial charge in [0.2, 0.25) is 5.89 Å². The van der Waals surface area contributed by atoms with Gasteiger partial charge in [0.1, 0.15) is 5.82 Å². The Morgan fingerprint density at radius 3 is 2.85 bits per heavy atom. The van der Waals surface area contributed by atoms with Gasteiger partial charge in [-0.25, -0.2) is 4.39 Å². The molecule has 2 aromatic rings. The minimum Gasteiger partial charge on any atom is -0.339 e. The van der Waals surface area contributed by atoms with Crippen molar-refractivity contribution in [2.75, 3.05) is 26.2 Å². The lowest BCUT2D eigenvalue weighted by Gasteiger charge is -2.25. The van der Waals surface area contributed by atoms with E-state index in [9.17, 15) is 4.39 Å². The number of hydrogen-bond acceptors (Lipinski definition) is 5. The number of piperazine rings is 1. The molecule has 1 fully saturated rings. The van der Waals surface area contributed by atoms with E-state index < -0.39 is 0 Å². The molecule has 0 atom stereocenters. The highest BCUT2D eigenvalue weighted by Gasteiger charge is 2.14. The number of rotatable bonds is 4. The molecule has 5 nitrogen and oxygen atoms in total. The molecule has 1 aliphatic rings. The highest BCUT2D eigenvalue weighted by atomic mass is 19.1. The van der Waals surface area contributed by atoms with Crippen molar-refractivity contribution in [1.29, 1.82) is 0 Å². The van der Waals surface area contributed by atoms with Crippen LogP contribution >= 0.6 is 0 Å². The standard InChI is InChI=1S/C14H17FN4O/c15-12-4-2-1-3-11(12)9-14-17-13(18-20-14)10-19-7-5-16-6-8-19/h1-4,16H,5-10H2. The fourth-order valence-corrected chi connectivity index (χ4v) is 2.30. The second-order valence-electron chi connectivity index (χ2n) is 4.90. The lowest BCUT2D eigenvalue weighted by Crippen LogP contribution is -2.43. The van der Waals surface area contributed by atoms with E-state index in [4.69, 9.17) is 4.52 Å². The van der Waals surface area contributed by atoms with Crippen molar-refractivity contribution in [1.82, 2.24) is 20.4 Å². The van der Waals surface area contributed by atoms with E-state index in [1.54, 1.807) is 18.2 Å². The first kappa shape index (κ1) is 13.2. The second-order valence-corrected chi connectivity index (χ2v) is 4.90. The number of nitrogens with zero attached hydrogens (tertiary/aromatic N) is 3. The van der Waals surface area contributed by atoms with Crippen LogP contribution in [-0.4, -0.2) is 41.2 Å². The Morgan fingerprint density at radius 1 is 1.25 bits per heavy atom. The molecule has 0 saturated carbocycles. The first-order chi connectivity index (χ1) is 9.81. The van der Waals surface area contributed by atoms with Crippen molar-refractivity contribution in [2.45, 2.75) is 13.0 Å². The van der Waals surface area contributed by atoms with Crippen LogP contribution in [0.5, 0.6) is 0 Å². The predicted molar refractivity (Wildman–Crippen MR) is 71.7 cm³/mol. The Kier molecular flexibility index (Phi) is 4.03. The largest absolute Gasteiger partial charge is 0.339 e. The van der Waals surface area contributed by atoms with Crippen molar-refractivity contribution in [3.63, 3.8) is 0 Å². The van der Waals surface area contributed by atoms with Gasteiger partial charge in [0.25, 0.3) is 0 Å². The first-order valence-electron chi connectivity index (χ1n) is 6.79. The Morgan fingerprint density at radius 2 is 2.05 bits per heavy atom. The van der Waals surface area contributed by atoms with E-state index in [0.29, 0.717) is 30.2 Å². The van der Waals surface area contributed by atoms with Gasteiger partial charge >= 0.3 is 0 Å². The molecule has 6 heteroatoms. The summed E-state index contributed by atoms with van der Waals surface area (Å²) >= 11 is 0. The van der Waals surface area contributed by atoms with Crippen molar-refractivity contribution >= 4 is 0 Å². The summed E-state index contributed by atoms with van der Waals surface area (Å²) in [5.74, 6) is 0.882. The molecule has 0 spiro atoms. The molecule has 0 unspecified atom stereocenters. The average molecular weight is 276 g/mol. The summed E-state index contributed by atoms with van der Waals surface area (Å²) in [5.41, 5.74) is 0.574. The summed E-state index contributed by atoms with van der Waals surface area (Å²) in [6, 6.07) is 6.64. The molecule has 2 heterocycles. The minimum absolute atomic E-state index is 0.241. The van der Waals surface area contributed by atoms with Crippen LogP contribution < -0.4 is 5.32 Å². The summed E-state index contributed by atoms with van der Waals surface area (Å²) in [4.78, 5) is 6.61. The SMILES string of the molecule is Fc1ccccc1Cc1nc(CN2CCNCC2)no1. The number of hydrogen-bond donors (Lipinski definition) is 1. The zero-order chi connectivity index (χ0) is 13.8. The molecular formula is C14H17FN4O. The van der Waals surface area contributed by atoms with Crippen molar-refractivity contribution in [3.05, 3.63) is 47.4 Å². The molecule has 1 saturated heterocycles. The van der Waals surface area contributed by atoms with Gasteiger partial charge in [0.15, 0.2) is 5.82 Å². The van der Waals surface area contributed by atoms with Crippen LogP contribution in [-0.2, 0) is 13.0 Å². The van der Waals surface area contributed by atoms with Gasteiger partial charge in [0, 0.05) is 26.2 Å². The van der Waals surface area contributed by atoms with Gasteiger partial charge in [-0.15, -0.1) is 0 Å². The third kappa shape index (κ3) is 3.20. The number of benzene rings is 1. The van der Waals surface area contributed by atoms with Crippen LogP contribution in [0.3, 0.4) is 0 Å². The molecule has 1 aromatic carbocycles. The van der Waals surface area contributed by atoms with E-state index in [1.807, 2.05) is 0 Å². The van der Waals surface area contributed by atoms with Crippen molar-refractivity contribution in [3.8, 4) is 0 Å². The van der Waals surface area contributed by atoms with Gasteiger partial charge in [-0.05, 0) is 11.6 Å². The van der Waals surface area contributed by atoms with Crippen LogP contribution in [0.15, 0.2) is 28.8 Å². The summed E-state index contributed by atoms with van der Waals surface area (Å²) in [6.07, 6.45) is 0.335. The topological polar surface area (TPSA) is 54.2 Å². The number of halogens is 1. The third-order valence-corrected chi connectivity index (χ3v) is 3.38. The van der Waals surface area contributed by atoms with Crippen LogP contribution in [0, 0.1) is 5.82 Å². The maximum Gasteiger partial charge on any atom is 0.231 e. The number of nitrogens with one attached hydrogen (secondary N) is 1. The van der Waals surface area contributed by atoms with Crippen molar-refractivity contribution in [2.24, 2.45) is 0 Å². The molecule has 1 aromatic heterocycles. The molecule has 0 aliphatic carbocycles. The monoisotopic (exact) mass is 276 g/mol. The van der Waals surface area contributed by atoms with Crippen LogP contribution in [0.2, 0.25) is 0 Å². The van der Waals surface area contributed by atoms with E-state index in [-0.39, 0.29) is 5.82 Å². The lowest BCUT2D eigenvalue weighted by molar-refractivity contribution is 0.224. The summed E-state index contributed by atoms with van der Waals surface area (Å²) in [5, 5.41) is 7.26. The molecule has 3 rings (SSSR count). The Balaban J connectivity index is 1.63. The second kappa shape index (κ2) is 6.11. The Labute approximate surface area is 116 Å². The third-order valence-electron chi connectivity index (χ3n) is 3.38. The van der Waals surface area contributed by atoms with Crippen LogP contribution in [0.25, 0.3) is 0 Å². The van der Waals surface area contributed by atoms with E-state index >= 15 is 0 Å². The Bertz CT molecular complexity index is 566. The molecule has 0 bridgehead atoms. The zero-order valence-electron chi connectivity index (χ0n) is 11.2. The van der Waals surface area contributed by atoms with E-state index in [2.05, 4.69) is 20.4 Å². The Hall–Kier alpha value is -1.79. The van der Waals surface area contributed by atoms with Gasteiger partial charge in [-0.2, -0.15) is 4.98 Å². The van der Waals surface area contributed by atoms with Gasteiger partial charge in [0.05, 0.1) is 13.0 Å². The smallest absolute Gasteiger partial charge is 0.231 e. The fraction of sp³-hybridized carbons (Fsp3) is 0.429. The molecule has 1 aliphatic heterocycles. The van der Waals surface area contributed by atoms with Gasteiger partial charge in [-0.1, -0.05) is 23.4 Å². The fourth-order valence-electron chi connectivity index (χ4n) is 2.30. The molecule has 0 amide bonds. The first-order valence-corrected chi connectivity index (χ1v) is 6.79. The summed E-state index contributed by atoms with van der Waals surface area (Å²) in [7, 11) is 0. The molecular weight excluding hydrogens is 259 g/mol. The highest BCUT2D eigenvalue weighted by Crippen LogP contribution is 2.12. The highest BCUT2D eigenvalue weighted by molar-refractivity contribution is 5.20. The summed E-state index contributed by atoms with van der Waals surface area (Å²) in [6.45, 7) is 4.62. The maximum absolute atomic E-state index is 13.5. The molecule has 0 radical (unpaired) electrons. The zero-order valence-corrected chi connectivity index (χ0v) is 11.2. The molecule has 1 N–H and O–H groups in total. The minimum atomic E-state index is -0.241. The summed E-state index contributed by atoms with van der Waals surface area (Å²) < 4.78 is 18.7. The number of aromatic nitrogens is 2. The molecule has 106 valence electrons. The van der Waals surface area contributed by atoms with E-state index in [0.717, 1.165) is 26.2 Å². The maximum atomic E-state index is 13.5. The van der Waals surface area contributed by atoms with Crippen LogP contribution in [0.1, 0.15) is 17.3 Å². The normalized spacial score (nSPS) is 16.4.